The summed E-state index contributed by atoms with van der Waals surface area (Å²) in [4.78, 5) is 14.9. The molecule has 0 unspecified atom stereocenters. The lowest BCUT2D eigenvalue weighted by molar-refractivity contribution is -0.121. The summed E-state index contributed by atoms with van der Waals surface area (Å²) in [6.45, 7) is 6.20. The van der Waals surface area contributed by atoms with Crippen molar-refractivity contribution in [1.82, 2.24) is 4.90 Å². The van der Waals surface area contributed by atoms with Crippen LogP contribution in [0.25, 0.3) is 6.08 Å². The minimum absolute atomic E-state index is 0.0714. The Kier molecular flexibility index (Phi) is 8.70. The van der Waals surface area contributed by atoms with Gasteiger partial charge in [0, 0.05) is 6.54 Å². The zero-order valence-corrected chi connectivity index (χ0v) is 22.8. The molecule has 0 spiro atoms. The third kappa shape index (κ3) is 6.35. The SMILES string of the molecule is C=CCN1C(=O)/C(=C\c2ccc(OCc3ccccc3)c(OC)c2)S/C1=N\S(=O)(=O)c1ccc(CC)cc1. The average molecular weight is 549 g/mol. The Balaban J connectivity index is 1.59. The predicted molar refractivity (Wildman–Crippen MR) is 152 cm³/mol. The van der Waals surface area contributed by atoms with Crippen LogP contribution < -0.4 is 9.47 Å². The molecule has 0 radical (unpaired) electrons. The Morgan fingerprint density at radius 3 is 2.39 bits per heavy atom. The van der Waals surface area contributed by atoms with Crippen LogP contribution in [0.5, 0.6) is 11.5 Å². The van der Waals surface area contributed by atoms with Gasteiger partial charge in [-0.15, -0.1) is 11.0 Å². The van der Waals surface area contributed by atoms with E-state index in [9.17, 15) is 13.2 Å². The molecule has 38 heavy (non-hydrogen) atoms. The number of carbonyl (C=O) groups excluding carboxylic acids is 1. The molecule has 0 bridgehead atoms. The molecule has 0 N–H and O–H groups in total. The fourth-order valence-corrected chi connectivity index (χ4v) is 5.89. The molecule has 3 aromatic carbocycles. The van der Waals surface area contributed by atoms with Crippen molar-refractivity contribution in [1.29, 1.82) is 0 Å². The molecule has 1 aliphatic rings. The van der Waals surface area contributed by atoms with Crippen LogP contribution in [-0.2, 0) is 27.8 Å². The summed E-state index contributed by atoms with van der Waals surface area (Å²) in [7, 11) is -2.46. The maximum Gasteiger partial charge on any atom is 0.284 e. The first-order chi connectivity index (χ1) is 18.3. The number of amides is 1. The number of hydrogen-bond donors (Lipinski definition) is 0. The van der Waals surface area contributed by atoms with Gasteiger partial charge in [0.1, 0.15) is 6.61 Å². The molecular formula is C29H28N2O5S2. The van der Waals surface area contributed by atoms with Crippen LogP contribution in [0.4, 0.5) is 0 Å². The third-order valence-corrected chi connectivity index (χ3v) is 8.15. The Morgan fingerprint density at radius 1 is 1.00 bits per heavy atom. The highest BCUT2D eigenvalue weighted by molar-refractivity contribution is 8.19. The Labute approximate surface area is 227 Å². The van der Waals surface area contributed by atoms with E-state index >= 15 is 0 Å². The largest absolute Gasteiger partial charge is 0.493 e. The lowest BCUT2D eigenvalue weighted by atomic mass is 10.1. The van der Waals surface area contributed by atoms with Gasteiger partial charge in [-0.05, 0) is 65.2 Å². The molecule has 0 aromatic heterocycles. The number of methoxy groups -OCH3 is 1. The number of aryl methyl sites for hydroxylation is 1. The van der Waals surface area contributed by atoms with Gasteiger partial charge in [-0.25, -0.2) is 0 Å². The molecule has 1 fully saturated rings. The quantitative estimate of drug-likeness (QED) is 0.239. The molecule has 4 rings (SSSR count). The highest BCUT2D eigenvalue weighted by Gasteiger charge is 2.34. The van der Waals surface area contributed by atoms with Crippen LogP contribution >= 0.6 is 11.8 Å². The van der Waals surface area contributed by atoms with E-state index in [1.165, 1.54) is 23.1 Å². The number of hydrogen-bond acceptors (Lipinski definition) is 6. The number of benzene rings is 3. The van der Waals surface area contributed by atoms with E-state index in [2.05, 4.69) is 11.0 Å². The van der Waals surface area contributed by atoms with Crippen LogP contribution in [0.15, 0.2) is 99.6 Å². The van der Waals surface area contributed by atoms with E-state index in [-0.39, 0.29) is 22.5 Å². The number of thioether (sulfide) groups is 1. The van der Waals surface area contributed by atoms with Crippen LogP contribution in [0.3, 0.4) is 0 Å². The van der Waals surface area contributed by atoms with Crippen molar-refractivity contribution < 1.29 is 22.7 Å². The minimum atomic E-state index is -4.01. The molecule has 1 aliphatic heterocycles. The molecule has 1 heterocycles. The summed E-state index contributed by atoms with van der Waals surface area (Å²) in [6, 6.07) is 21.7. The number of amidine groups is 1. The molecule has 196 valence electrons. The maximum absolute atomic E-state index is 13.2. The smallest absolute Gasteiger partial charge is 0.284 e. The summed E-state index contributed by atoms with van der Waals surface area (Å²) in [5, 5.41) is 0.0792. The van der Waals surface area contributed by atoms with Crippen molar-refractivity contribution in [3.63, 3.8) is 0 Å². The predicted octanol–water partition coefficient (Wildman–Crippen LogP) is 5.68. The first-order valence-corrected chi connectivity index (χ1v) is 14.2. The third-order valence-electron chi connectivity index (χ3n) is 5.75. The number of sulfonamides is 1. The molecular weight excluding hydrogens is 520 g/mol. The fraction of sp³-hybridized carbons (Fsp3) is 0.172. The average Bonchev–Trinajstić information content (AvgIpc) is 3.21. The zero-order chi connectivity index (χ0) is 27.1. The van der Waals surface area contributed by atoms with Gasteiger partial charge in [-0.2, -0.15) is 8.42 Å². The standard InChI is InChI=1S/C29H28N2O5S2/c1-4-17-31-28(32)27(37-29(31)30-38(33,34)24-14-11-21(5-2)12-15-24)19-23-13-16-25(26(18-23)35-3)36-20-22-9-7-6-8-10-22/h4,6-16,18-19H,1,5,17,20H2,2-3H3/b27-19+,30-29-. The molecule has 1 amide bonds. The van der Waals surface area contributed by atoms with E-state index in [1.54, 1.807) is 37.5 Å². The van der Waals surface area contributed by atoms with E-state index < -0.39 is 10.0 Å². The summed E-state index contributed by atoms with van der Waals surface area (Å²) in [6.07, 6.45) is 4.00. The molecule has 0 aliphatic carbocycles. The van der Waals surface area contributed by atoms with Gasteiger partial charge in [0.25, 0.3) is 15.9 Å². The van der Waals surface area contributed by atoms with E-state index in [0.717, 1.165) is 29.3 Å². The maximum atomic E-state index is 13.2. The van der Waals surface area contributed by atoms with Gasteiger partial charge in [-0.3, -0.25) is 9.69 Å². The van der Waals surface area contributed by atoms with Crippen molar-refractivity contribution in [2.75, 3.05) is 13.7 Å². The second kappa shape index (κ2) is 12.1. The first kappa shape index (κ1) is 27.2. The zero-order valence-electron chi connectivity index (χ0n) is 21.2. The van der Waals surface area contributed by atoms with E-state index in [1.807, 2.05) is 43.3 Å². The topological polar surface area (TPSA) is 85.3 Å². The summed E-state index contributed by atoms with van der Waals surface area (Å²) < 4.78 is 41.4. The van der Waals surface area contributed by atoms with Gasteiger partial charge >= 0.3 is 0 Å². The Bertz CT molecular complexity index is 1480. The molecule has 0 saturated carbocycles. The summed E-state index contributed by atoms with van der Waals surface area (Å²) in [5.74, 6) is 0.730. The van der Waals surface area contributed by atoms with Gasteiger partial charge in [0.05, 0.1) is 16.9 Å². The second-order valence-electron chi connectivity index (χ2n) is 8.35. The van der Waals surface area contributed by atoms with Gasteiger partial charge in [0.15, 0.2) is 16.7 Å². The Morgan fingerprint density at radius 2 is 1.74 bits per heavy atom. The number of carbonyl (C=O) groups is 1. The van der Waals surface area contributed by atoms with Gasteiger partial charge in [0.2, 0.25) is 0 Å². The molecule has 1 saturated heterocycles. The lowest BCUT2D eigenvalue weighted by Crippen LogP contribution is -2.29. The van der Waals surface area contributed by atoms with E-state index in [4.69, 9.17) is 9.47 Å². The summed E-state index contributed by atoms with van der Waals surface area (Å²) >= 11 is 1.00. The van der Waals surface area contributed by atoms with Gasteiger partial charge < -0.3 is 9.47 Å². The lowest BCUT2D eigenvalue weighted by Gasteiger charge is -2.12. The number of ether oxygens (including phenoxy) is 2. The number of nitrogens with zero attached hydrogens (tertiary/aromatic N) is 2. The van der Waals surface area contributed by atoms with Crippen LogP contribution in [0, 0.1) is 0 Å². The highest BCUT2D eigenvalue weighted by Crippen LogP contribution is 2.35. The van der Waals surface area contributed by atoms with Crippen LogP contribution in [-0.4, -0.2) is 38.0 Å². The highest BCUT2D eigenvalue weighted by atomic mass is 32.2. The normalized spacial score (nSPS) is 15.7. The van der Waals surface area contributed by atoms with Gasteiger partial charge in [-0.1, -0.05) is 61.5 Å². The van der Waals surface area contributed by atoms with Crippen LogP contribution in [0.2, 0.25) is 0 Å². The molecule has 3 aromatic rings. The van der Waals surface area contributed by atoms with E-state index in [0.29, 0.717) is 28.6 Å². The Hall–Kier alpha value is -3.82. The second-order valence-corrected chi connectivity index (χ2v) is 11.0. The van der Waals surface area contributed by atoms with Crippen molar-refractivity contribution >= 4 is 38.9 Å². The van der Waals surface area contributed by atoms with Crippen molar-refractivity contribution in [2.24, 2.45) is 4.40 Å². The van der Waals surface area contributed by atoms with Crippen molar-refractivity contribution in [2.45, 2.75) is 24.8 Å². The fourth-order valence-electron chi connectivity index (χ4n) is 3.70. The number of rotatable bonds is 10. The molecule has 0 atom stereocenters. The monoisotopic (exact) mass is 548 g/mol. The summed E-state index contributed by atoms with van der Waals surface area (Å²) in [5.41, 5.74) is 2.74. The molecule has 9 heteroatoms. The van der Waals surface area contributed by atoms with Crippen LogP contribution in [0.1, 0.15) is 23.6 Å². The van der Waals surface area contributed by atoms with Crippen molar-refractivity contribution in [3.05, 3.63) is 107 Å². The van der Waals surface area contributed by atoms with Crippen molar-refractivity contribution in [3.8, 4) is 11.5 Å². The minimum Gasteiger partial charge on any atom is -0.493 e. The first-order valence-electron chi connectivity index (χ1n) is 12.0. The molecule has 7 nitrogen and oxygen atoms in total.